The number of nitrogens with zero attached hydrogens (tertiary/aromatic N) is 2. The summed E-state index contributed by atoms with van der Waals surface area (Å²) in [5, 5.41) is 0. The summed E-state index contributed by atoms with van der Waals surface area (Å²) in [4.78, 5) is 36.2. The molecule has 1 aliphatic heterocycles. The van der Waals surface area contributed by atoms with Crippen molar-refractivity contribution >= 4 is 17.6 Å². The largest absolute Gasteiger partial charge is 0.339 e. The van der Waals surface area contributed by atoms with Crippen LogP contribution in [0, 0.1) is 0 Å². The lowest BCUT2D eigenvalue weighted by Crippen LogP contribution is -2.51. The van der Waals surface area contributed by atoms with Gasteiger partial charge in [-0.1, -0.05) is 0 Å². The maximum Gasteiger partial charge on any atom is 0.289 e. The second-order valence-corrected chi connectivity index (χ2v) is 3.35. The van der Waals surface area contributed by atoms with Gasteiger partial charge < -0.3 is 9.80 Å². The Morgan fingerprint density at radius 1 is 0.857 bits per heavy atom. The molecule has 0 aromatic carbocycles. The molecular weight excluding hydrogens is 184 g/mol. The fourth-order valence-electron chi connectivity index (χ4n) is 1.45. The Balaban J connectivity index is 2.47. The molecule has 14 heavy (non-hydrogen) atoms. The third-order valence-corrected chi connectivity index (χ3v) is 2.31. The molecule has 0 aliphatic carbocycles. The Kier molecular flexibility index (Phi) is 3.22. The first-order valence-corrected chi connectivity index (χ1v) is 4.57. The van der Waals surface area contributed by atoms with Gasteiger partial charge in [0.1, 0.15) is 0 Å². The zero-order valence-corrected chi connectivity index (χ0v) is 8.45. The van der Waals surface area contributed by atoms with E-state index < -0.39 is 11.7 Å². The molecule has 5 heteroatoms. The van der Waals surface area contributed by atoms with Crippen molar-refractivity contribution in [2.24, 2.45) is 0 Å². The Hall–Kier alpha value is -1.39. The zero-order valence-electron chi connectivity index (χ0n) is 8.45. The summed E-state index contributed by atoms with van der Waals surface area (Å²) >= 11 is 0. The van der Waals surface area contributed by atoms with Crippen LogP contribution in [0.3, 0.4) is 0 Å². The fourth-order valence-corrected chi connectivity index (χ4v) is 1.45. The maximum absolute atomic E-state index is 11.2. The maximum atomic E-state index is 11.2. The summed E-state index contributed by atoms with van der Waals surface area (Å²) in [5.74, 6) is -0.880. The zero-order chi connectivity index (χ0) is 10.7. The molecule has 0 saturated carbocycles. The summed E-state index contributed by atoms with van der Waals surface area (Å²) in [6.07, 6.45) is 0. The number of amides is 2. The number of carbonyl (C=O) groups is 3. The van der Waals surface area contributed by atoms with Crippen LogP contribution in [0.1, 0.15) is 13.8 Å². The smallest absolute Gasteiger partial charge is 0.289 e. The van der Waals surface area contributed by atoms with Crippen molar-refractivity contribution in [1.29, 1.82) is 0 Å². The standard InChI is InChI=1S/C9H14N2O3/c1-7(12)9(14)11-5-3-10(4-6-11)8(2)13/h3-6H2,1-2H3. The molecular formula is C9H14N2O3. The summed E-state index contributed by atoms with van der Waals surface area (Å²) in [7, 11) is 0. The number of Topliss-reactive ketones (excluding diaryl/α,β-unsaturated/α-hetero) is 1. The van der Waals surface area contributed by atoms with Crippen molar-refractivity contribution in [3.63, 3.8) is 0 Å². The van der Waals surface area contributed by atoms with Crippen molar-refractivity contribution in [2.75, 3.05) is 26.2 Å². The number of ketones is 1. The second-order valence-electron chi connectivity index (χ2n) is 3.35. The molecule has 1 rings (SSSR count). The molecule has 1 aliphatic rings. The highest BCUT2D eigenvalue weighted by molar-refractivity contribution is 6.35. The Bertz CT molecular complexity index is 267. The van der Waals surface area contributed by atoms with Gasteiger partial charge in [-0.15, -0.1) is 0 Å². The van der Waals surface area contributed by atoms with Gasteiger partial charge in [0.15, 0.2) is 0 Å². The van der Waals surface area contributed by atoms with Crippen LogP contribution in [0.5, 0.6) is 0 Å². The van der Waals surface area contributed by atoms with Gasteiger partial charge in [0.25, 0.3) is 5.91 Å². The lowest BCUT2D eigenvalue weighted by Gasteiger charge is -2.33. The van der Waals surface area contributed by atoms with Crippen molar-refractivity contribution in [1.82, 2.24) is 9.80 Å². The van der Waals surface area contributed by atoms with Gasteiger partial charge >= 0.3 is 0 Å². The van der Waals surface area contributed by atoms with E-state index in [2.05, 4.69) is 0 Å². The van der Waals surface area contributed by atoms with Gasteiger partial charge in [-0.3, -0.25) is 14.4 Å². The molecule has 0 aromatic rings. The second kappa shape index (κ2) is 4.21. The molecule has 5 nitrogen and oxygen atoms in total. The molecule has 0 N–H and O–H groups in total. The molecule has 1 heterocycles. The molecule has 1 saturated heterocycles. The van der Waals surface area contributed by atoms with Crippen LogP contribution in [0.25, 0.3) is 0 Å². The highest BCUT2D eigenvalue weighted by Crippen LogP contribution is 2.02. The quantitative estimate of drug-likeness (QED) is 0.522. The predicted molar refractivity (Wildman–Crippen MR) is 49.5 cm³/mol. The van der Waals surface area contributed by atoms with E-state index in [1.165, 1.54) is 18.7 Å². The summed E-state index contributed by atoms with van der Waals surface area (Å²) in [6, 6.07) is 0. The minimum atomic E-state index is -0.451. The highest BCUT2D eigenvalue weighted by Gasteiger charge is 2.24. The molecule has 0 bridgehead atoms. The first kappa shape index (κ1) is 10.7. The summed E-state index contributed by atoms with van der Waals surface area (Å²) in [6.45, 7) is 4.72. The normalized spacial score (nSPS) is 16.7. The molecule has 0 spiro atoms. The Morgan fingerprint density at radius 2 is 1.29 bits per heavy atom. The topological polar surface area (TPSA) is 57.7 Å². The highest BCUT2D eigenvalue weighted by atomic mass is 16.2. The van der Waals surface area contributed by atoms with E-state index in [0.717, 1.165) is 0 Å². The van der Waals surface area contributed by atoms with E-state index in [0.29, 0.717) is 26.2 Å². The molecule has 78 valence electrons. The fraction of sp³-hybridized carbons (Fsp3) is 0.667. The van der Waals surface area contributed by atoms with E-state index in [-0.39, 0.29) is 5.91 Å². The molecule has 0 radical (unpaired) electrons. The molecule has 1 fully saturated rings. The van der Waals surface area contributed by atoms with Crippen molar-refractivity contribution in [3.05, 3.63) is 0 Å². The third-order valence-electron chi connectivity index (χ3n) is 2.31. The van der Waals surface area contributed by atoms with Crippen LogP contribution in [0.15, 0.2) is 0 Å². The molecule has 0 unspecified atom stereocenters. The monoisotopic (exact) mass is 198 g/mol. The Morgan fingerprint density at radius 3 is 1.64 bits per heavy atom. The van der Waals surface area contributed by atoms with Gasteiger partial charge in [-0.2, -0.15) is 0 Å². The van der Waals surface area contributed by atoms with E-state index in [9.17, 15) is 14.4 Å². The number of rotatable bonds is 1. The van der Waals surface area contributed by atoms with Crippen molar-refractivity contribution in [2.45, 2.75) is 13.8 Å². The van der Waals surface area contributed by atoms with Crippen LogP contribution < -0.4 is 0 Å². The summed E-state index contributed by atoms with van der Waals surface area (Å²) in [5.41, 5.74) is 0. The number of carbonyl (C=O) groups excluding carboxylic acids is 3. The van der Waals surface area contributed by atoms with Gasteiger partial charge in [0, 0.05) is 40.0 Å². The van der Waals surface area contributed by atoms with Crippen LogP contribution in [0.2, 0.25) is 0 Å². The number of piperazine rings is 1. The first-order chi connectivity index (χ1) is 6.52. The molecule has 0 aromatic heterocycles. The van der Waals surface area contributed by atoms with Gasteiger partial charge in [-0.05, 0) is 0 Å². The molecule has 2 amide bonds. The van der Waals surface area contributed by atoms with E-state index in [4.69, 9.17) is 0 Å². The average molecular weight is 198 g/mol. The number of hydrogen-bond acceptors (Lipinski definition) is 3. The van der Waals surface area contributed by atoms with Crippen LogP contribution >= 0.6 is 0 Å². The van der Waals surface area contributed by atoms with Gasteiger partial charge in [0.2, 0.25) is 11.7 Å². The predicted octanol–water partition coefficient (Wildman–Crippen LogP) is -0.734. The minimum Gasteiger partial charge on any atom is -0.339 e. The third kappa shape index (κ3) is 2.31. The van der Waals surface area contributed by atoms with E-state index in [1.54, 1.807) is 4.90 Å². The lowest BCUT2D eigenvalue weighted by molar-refractivity contribution is -0.146. The van der Waals surface area contributed by atoms with Crippen LogP contribution in [-0.2, 0) is 14.4 Å². The first-order valence-electron chi connectivity index (χ1n) is 4.57. The lowest BCUT2D eigenvalue weighted by atomic mass is 10.3. The van der Waals surface area contributed by atoms with Gasteiger partial charge in [0.05, 0.1) is 0 Å². The Labute approximate surface area is 82.7 Å². The van der Waals surface area contributed by atoms with Crippen LogP contribution in [0.4, 0.5) is 0 Å². The summed E-state index contributed by atoms with van der Waals surface area (Å²) < 4.78 is 0. The van der Waals surface area contributed by atoms with E-state index in [1.807, 2.05) is 0 Å². The van der Waals surface area contributed by atoms with Crippen molar-refractivity contribution in [3.8, 4) is 0 Å². The average Bonchev–Trinajstić information content (AvgIpc) is 2.16. The van der Waals surface area contributed by atoms with Gasteiger partial charge in [-0.25, -0.2) is 0 Å². The van der Waals surface area contributed by atoms with Crippen molar-refractivity contribution < 1.29 is 14.4 Å². The minimum absolute atomic E-state index is 0.0138. The number of hydrogen-bond donors (Lipinski definition) is 0. The SMILES string of the molecule is CC(=O)C(=O)N1CCN(C(C)=O)CC1. The molecule has 0 atom stereocenters. The van der Waals surface area contributed by atoms with Crippen LogP contribution in [-0.4, -0.2) is 53.6 Å². The van der Waals surface area contributed by atoms with E-state index >= 15 is 0 Å².